The zero-order valence-electron chi connectivity index (χ0n) is 26.0. The molecule has 260 valence electrons. The van der Waals surface area contributed by atoms with Crippen LogP contribution >= 0.6 is 11.6 Å². The fourth-order valence-electron chi connectivity index (χ4n) is 5.69. The van der Waals surface area contributed by atoms with Gasteiger partial charge in [-0.1, -0.05) is 17.2 Å². The van der Waals surface area contributed by atoms with Crippen molar-refractivity contribution in [3.05, 3.63) is 118 Å². The van der Waals surface area contributed by atoms with Crippen molar-refractivity contribution >= 4 is 22.9 Å². The van der Waals surface area contributed by atoms with Crippen LogP contribution < -0.4 is 0 Å². The summed E-state index contributed by atoms with van der Waals surface area (Å²) in [6, 6.07) is 5.79. The molecule has 6 aromatic rings. The third-order valence-electron chi connectivity index (χ3n) is 8.47. The summed E-state index contributed by atoms with van der Waals surface area (Å²) in [6.45, 7) is 0.517. The summed E-state index contributed by atoms with van der Waals surface area (Å²) in [6.07, 6.45) is 8.28. The minimum atomic E-state index is -4.66. The number of hydrogen-bond donors (Lipinski definition) is 0. The van der Waals surface area contributed by atoms with Crippen LogP contribution in [0.5, 0.6) is 0 Å². The maximum atomic E-state index is 13.0. The van der Waals surface area contributed by atoms with Gasteiger partial charge in [0.25, 0.3) is 0 Å². The van der Waals surface area contributed by atoms with Crippen molar-refractivity contribution in [1.29, 1.82) is 0 Å². The molecule has 50 heavy (non-hydrogen) atoms. The number of azide groups is 1. The van der Waals surface area contributed by atoms with E-state index in [-0.39, 0.29) is 17.7 Å². The number of imidazole rings is 2. The molecule has 2 unspecified atom stereocenters. The van der Waals surface area contributed by atoms with Crippen LogP contribution in [0, 0.1) is 0 Å². The standard InChI is InChI=1S/C16H14ClF3N4.C16H14F3N7/c17-15(16(18,19)20)12-5-21-24(7-12)9-13-8-23-6-11(10-1-2-10)3-4-14(23)22-13;17-16(18,19)15(23-24-20)12-5-21-26(7-12)9-13-8-25-6-11(10-1-2-10)3-4-14(25)22-13/h3-8,10,15H,1-2,9H2;3-8,10,15H,1-2,9H2. The van der Waals surface area contributed by atoms with Gasteiger partial charge in [0, 0.05) is 53.2 Å². The van der Waals surface area contributed by atoms with Crippen molar-refractivity contribution in [2.45, 2.75) is 74.4 Å². The summed E-state index contributed by atoms with van der Waals surface area (Å²) in [4.78, 5) is 11.2. The number of pyridine rings is 2. The molecule has 2 aliphatic carbocycles. The average Bonchev–Trinajstić information content (AvgIpc) is 3.91. The van der Waals surface area contributed by atoms with Gasteiger partial charge in [0.1, 0.15) is 11.3 Å². The number of hydrogen-bond acceptors (Lipinski definition) is 5. The van der Waals surface area contributed by atoms with Gasteiger partial charge >= 0.3 is 12.4 Å². The van der Waals surface area contributed by atoms with E-state index >= 15 is 0 Å². The van der Waals surface area contributed by atoms with Gasteiger partial charge in [0.2, 0.25) is 0 Å². The third-order valence-corrected chi connectivity index (χ3v) is 8.97. The van der Waals surface area contributed by atoms with Crippen molar-refractivity contribution in [3.8, 4) is 0 Å². The van der Waals surface area contributed by atoms with Gasteiger partial charge in [-0.25, -0.2) is 9.97 Å². The summed E-state index contributed by atoms with van der Waals surface area (Å²) in [7, 11) is 0. The molecule has 0 aliphatic heterocycles. The van der Waals surface area contributed by atoms with Crippen LogP contribution in [0.15, 0.2) is 79.0 Å². The fourth-order valence-corrected chi connectivity index (χ4v) is 5.80. The van der Waals surface area contributed by atoms with Crippen molar-refractivity contribution in [2.75, 3.05) is 0 Å². The highest BCUT2D eigenvalue weighted by Crippen LogP contribution is 2.41. The molecule has 2 saturated carbocycles. The van der Waals surface area contributed by atoms with Gasteiger partial charge in [0.05, 0.1) is 36.9 Å². The number of fused-ring (bicyclic) bond motifs is 2. The van der Waals surface area contributed by atoms with E-state index in [1.54, 1.807) is 0 Å². The lowest BCUT2D eigenvalue weighted by molar-refractivity contribution is -0.148. The molecule has 6 aromatic heterocycles. The zero-order valence-corrected chi connectivity index (χ0v) is 26.8. The number of aromatic nitrogens is 8. The van der Waals surface area contributed by atoms with Crippen LogP contribution in [0.4, 0.5) is 26.3 Å². The molecule has 0 spiro atoms. The smallest absolute Gasteiger partial charge is 0.306 e. The number of halogens is 7. The first-order valence-electron chi connectivity index (χ1n) is 15.7. The molecule has 0 bridgehead atoms. The molecule has 18 heteroatoms. The zero-order chi connectivity index (χ0) is 35.2. The Morgan fingerprint density at radius 3 is 1.64 bits per heavy atom. The Hall–Kier alpha value is -5.02. The Morgan fingerprint density at radius 2 is 1.20 bits per heavy atom. The Morgan fingerprint density at radius 1 is 0.720 bits per heavy atom. The topological polar surface area (TPSA) is 119 Å². The monoisotopic (exact) mass is 715 g/mol. The maximum Gasteiger partial charge on any atom is 0.409 e. The van der Waals surface area contributed by atoms with Gasteiger partial charge in [-0.3, -0.25) is 9.36 Å². The van der Waals surface area contributed by atoms with E-state index in [0.29, 0.717) is 24.1 Å². The molecule has 0 aromatic carbocycles. The van der Waals surface area contributed by atoms with Crippen molar-refractivity contribution in [2.24, 2.45) is 5.11 Å². The van der Waals surface area contributed by atoms with E-state index in [2.05, 4.69) is 48.5 Å². The van der Waals surface area contributed by atoms with Crippen LogP contribution in [0.1, 0.15) is 82.6 Å². The van der Waals surface area contributed by atoms with E-state index < -0.39 is 23.8 Å². The van der Waals surface area contributed by atoms with Crippen LogP contribution in [0.3, 0.4) is 0 Å². The van der Waals surface area contributed by atoms with Gasteiger partial charge < -0.3 is 8.80 Å². The quantitative estimate of drug-likeness (QED) is 0.0489. The molecule has 0 N–H and O–H groups in total. The van der Waals surface area contributed by atoms with E-state index in [0.717, 1.165) is 29.4 Å². The molecule has 2 aliphatic rings. The van der Waals surface area contributed by atoms with E-state index in [9.17, 15) is 26.3 Å². The third kappa shape index (κ3) is 7.58. The van der Waals surface area contributed by atoms with E-state index in [1.807, 2.05) is 39.5 Å². The van der Waals surface area contributed by atoms with Gasteiger partial charge in [-0.05, 0) is 66.3 Å². The molecule has 2 atom stereocenters. The van der Waals surface area contributed by atoms with Crippen LogP contribution in [0.25, 0.3) is 21.7 Å². The Kier molecular flexibility index (Phi) is 8.72. The number of rotatable bonds is 9. The van der Waals surface area contributed by atoms with Crippen LogP contribution in [0.2, 0.25) is 0 Å². The summed E-state index contributed by atoms with van der Waals surface area (Å²) in [5.74, 6) is 1.27. The SMILES string of the molecule is FC(F)(F)C(Cl)c1cnn(Cc2cn3cc(C4CC4)ccc3n2)c1.[N-]=[N+]=NC(c1cnn(Cc2cn3cc(C4CC4)ccc3n2)c1)C(F)(F)F. The van der Waals surface area contributed by atoms with Gasteiger partial charge in [-0.2, -0.15) is 36.5 Å². The molecule has 0 amide bonds. The van der Waals surface area contributed by atoms with Gasteiger partial charge in [0.15, 0.2) is 11.4 Å². The molecule has 6 heterocycles. The largest absolute Gasteiger partial charge is 0.409 e. The highest BCUT2D eigenvalue weighted by atomic mass is 35.5. The molecular weight excluding hydrogens is 688 g/mol. The van der Waals surface area contributed by atoms with Crippen molar-refractivity contribution in [1.82, 2.24) is 38.3 Å². The maximum absolute atomic E-state index is 13.0. The normalized spacial score (nSPS) is 16.2. The summed E-state index contributed by atoms with van der Waals surface area (Å²) < 4.78 is 83.4. The highest BCUT2D eigenvalue weighted by Gasteiger charge is 2.41. The fraction of sp³-hybridized carbons (Fsp3) is 0.375. The second-order valence-electron chi connectivity index (χ2n) is 12.5. The average molecular weight is 716 g/mol. The number of alkyl halides is 7. The minimum Gasteiger partial charge on any atom is -0.306 e. The molecule has 0 radical (unpaired) electrons. The van der Waals surface area contributed by atoms with Gasteiger partial charge in [-0.15, -0.1) is 11.6 Å². The summed E-state index contributed by atoms with van der Waals surface area (Å²) in [5.41, 5.74) is 13.7. The minimum absolute atomic E-state index is 0.0658. The van der Waals surface area contributed by atoms with Crippen LogP contribution in [-0.2, 0) is 13.1 Å². The first-order valence-corrected chi connectivity index (χ1v) is 16.1. The molecule has 8 rings (SSSR count). The molecule has 11 nitrogen and oxygen atoms in total. The van der Waals surface area contributed by atoms with E-state index in [4.69, 9.17) is 17.1 Å². The first-order chi connectivity index (χ1) is 23.8. The van der Waals surface area contributed by atoms with Crippen molar-refractivity contribution in [3.63, 3.8) is 0 Å². The van der Waals surface area contributed by atoms with Crippen LogP contribution in [-0.4, -0.2) is 50.7 Å². The van der Waals surface area contributed by atoms with E-state index in [1.165, 1.54) is 58.6 Å². The first kappa shape index (κ1) is 33.5. The van der Waals surface area contributed by atoms with Crippen molar-refractivity contribution < 1.29 is 26.3 Å². The predicted octanol–water partition coefficient (Wildman–Crippen LogP) is 8.67. The summed E-state index contributed by atoms with van der Waals surface area (Å²) in [5, 5.41) is 8.68. The molecule has 0 saturated heterocycles. The molecular formula is C32H28ClF6N11. The summed E-state index contributed by atoms with van der Waals surface area (Å²) >= 11 is 5.42. The highest BCUT2D eigenvalue weighted by molar-refractivity contribution is 6.21. The Bertz CT molecular complexity index is 2180. The Balaban J connectivity index is 0.000000157. The lowest BCUT2D eigenvalue weighted by atomic mass is 10.2. The molecule has 2 fully saturated rings. The lowest BCUT2D eigenvalue weighted by Gasteiger charge is -2.12. The second kappa shape index (κ2) is 13.0. The Labute approximate surface area is 284 Å². The lowest BCUT2D eigenvalue weighted by Crippen LogP contribution is -2.18. The number of nitrogens with zero attached hydrogens (tertiary/aromatic N) is 11. The predicted molar refractivity (Wildman–Crippen MR) is 170 cm³/mol. The second-order valence-corrected chi connectivity index (χ2v) is 12.9.